The van der Waals surface area contributed by atoms with E-state index in [9.17, 15) is 4.79 Å². The molecule has 2 N–H and O–H groups in total. The first kappa shape index (κ1) is 22.5. The van der Waals surface area contributed by atoms with E-state index in [1.54, 1.807) is 7.11 Å². The van der Waals surface area contributed by atoms with E-state index in [1.807, 2.05) is 35.7 Å². The van der Waals surface area contributed by atoms with E-state index in [-0.39, 0.29) is 11.3 Å². The fourth-order valence-electron chi connectivity index (χ4n) is 3.88. The van der Waals surface area contributed by atoms with E-state index >= 15 is 0 Å². The molecule has 1 saturated heterocycles. The third-order valence-corrected chi connectivity index (χ3v) is 6.74. The Labute approximate surface area is 193 Å². The van der Waals surface area contributed by atoms with E-state index < -0.39 is 0 Å². The third-order valence-electron chi connectivity index (χ3n) is 5.98. The molecular weight excluding hydrogens is 420 g/mol. The number of rotatable bonds is 7. The van der Waals surface area contributed by atoms with E-state index in [4.69, 9.17) is 9.72 Å². The van der Waals surface area contributed by atoms with Crippen LogP contribution in [-0.4, -0.2) is 49.1 Å². The molecule has 1 amide bonds. The number of carbonyl (C=O) groups is 1. The Balaban J connectivity index is 1.43. The molecule has 168 valence electrons. The number of carbonyl (C=O) groups excluding carboxylic acids is 1. The van der Waals surface area contributed by atoms with Gasteiger partial charge in [0.05, 0.1) is 12.8 Å². The zero-order valence-corrected chi connectivity index (χ0v) is 19.7. The molecular formula is C25H30N4O2S. The molecule has 4 rings (SSSR count). The highest BCUT2D eigenvalue weighted by Gasteiger charge is 2.26. The van der Waals surface area contributed by atoms with E-state index in [2.05, 4.69) is 47.6 Å². The zero-order valence-electron chi connectivity index (χ0n) is 18.9. The number of nitrogens with zero attached hydrogens (tertiary/aromatic N) is 2. The van der Waals surface area contributed by atoms with Crippen molar-refractivity contribution >= 4 is 22.4 Å². The van der Waals surface area contributed by atoms with Crippen LogP contribution in [0.5, 0.6) is 5.75 Å². The van der Waals surface area contributed by atoms with Crippen molar-refractivity contribution in [2.24, 2.45) is 0 Å². The molecule has 2 aromatic carbocycles. The predicted octanol–water partition coefficient (Wildman–Crippen LogP) is 4.14. The van der Waals surface area contributed by atoms with Gasteiger partial charge in [0.25, 0.3) is 5.91 Å². The average Bonchev–Trinajstić information content (AvgIpc) is 3.29. The van der Waals surface area contributed by atoms with Gasteiger partial charge in [0.2, 0.25) is 0 Å². The normalized spacial score (nSPS) is 14.8. The van der Waals surface area contributed by atoms with Crippen LogP contribution in [0.2, 0.25) is 0 Å². The molecule has 32 heavy (non-hydrogen) atoms. The van der Waals surface area contributed by atoms with Gasteiger partial charge in [-0.05, 0) is 35.4 Å². The second kappa shape index (κ2) is 9.81. The Hall–Kier alpha value is -2.74. The first-order valence-corrected chi connectivity index (χ1v) is 11.8. The summed E-state index contributed by atoms with van der Waals surface area (Å²) in [5, 5.41) is 8.97. The van der Waals surface area contributed by atoms with E-state index in [0.29, 0.717) is 10.7 Å². The fraction of sp³-hybridized carbons (Fsp3) is 0.360. The topological polar surface area (TPSA) is 66.5 Å². The molecule has 1 aliphatic heterocycles. The number of piperazine rings is 1. The van der Waals surface area contributed by atoms with E-state index in [1.165, 1.54) is 11.3 Å². The lowest BCUT2D eigenvalue weighted by atomic mass is 9.82. The van der Waals surface area contributed by atoms with Crippen molar-refractivity contribution in [3.63, 3.8) is 0 Å². The Bertz CT molecular complexity index is 1060. The molecule has 0 bridgehead atoms. The zero-order chi connectivity index (χ0) is 22.6. The van der Waals surface area contributed by atoms with Gasteiger partial charge in [-0.1, -0.05) is 38.1 Å². The molecule has 1 aliphatic rings. The van der Waals surface area contributed by atoms with Gasteiger partial charge in [-0.25, -0.2) is 4.98 Å². The van der Waals surface area contributed by atoms with Crippen LogP contribution in [0, 0.1) is 0 Å². The first-order valence-electron chi connectivity index (χ1n) is 10.9. The summed E-state index contributed by atoms with van der Waals surface area (Å²) in [6, 6.07) is 15.9. The minimum atomic E-state index is -0.283. The molecule has 0 aliphatic carbocycles. The highest BCUT2D eigenvalue weighted by Crippen LogP contribution is 2.34. The van der Waals surface area contributed by atoms with E-state index in [0.717, 1.165) is 55.3 Å². The lowest BCUT2D eigenvalue weighted by Gasteiger charge is -2.27. The Morgan fingerprint density at radius 1 is 1.19 bits per heavy atom. The number of ether oxygens (including phenoxy) is 1. The third kappa shape index (κ3) is 5.18. The summed E-state index contributed by atoms with van der Waals surface area (Å²) < 4.78 is 5.26. The summed E-state index contributed by atoms with van der Waals surface area (Å²) in [6.07, 6.45) is 0. The summed E-state index contributed by atoms with van der Waals surface area (Å²) in [7, 11) is 1.66. The van der Waals surface area contributed by atoms with Crippen LogP contribution in [-0.2, 0) is 12.0 Å². The number of thiazole rings is 1. The lowest BCUT2D eigenvalue weighted by molar-refractivity contribution is 0.102. The van der Waals surface area contributed by atoms with Crippen molar-refractivity contribution in [1.82, 2.24) is 15.2 Å². The van der Waals surface area contributed by atoms with Crippen molar-refractivity contribution in [3.8, 4) is 5.75 Å². The molecule has 0 spiro atoms. The summed E-state index contributed by atoms with van der Waals surface area (Å²) in [5.41, 5.74) is 3.59. The van der Waals surface area contributed by atoms with Gasteiger partial charge in [0.15, 0.2) is 5.13 Å². The van der Waals surface area contributed by atoms with Crippen LogP contribution in [0.4, 0.5) is 5.13 Å². The number of hydrogen-bond donors (Lipinski definition) is 2. The molecule has 7 heteroatoms. The largest absolute Gasteiger partial charge is 0.497 e. The Morgan fingerprint density at radius 3 is 2.66 bits per heavy atom. The number of aromatic nitrogens is 1. The second-order valence-corrected chi connectivity index (χ2v) is 9.43. The van der Waals surface area contributed by atoms with Gasteiger partial charge < -0.3 is 10.1 Å². The van der Waals surface area contributed by atoms with Crippen molar-refractivity contribution in [3.05, 3.63) is 76.3 Å². The number of amides is 1. The highest BCUT2D eigenvalue weighted by molar-refractivity contribution is 7.14. The van der Waals surface area contributed by atoms with Gasteiger partial charge in [-0.15, -0.1) is 11.3 Å². The van der Waals surface area contributed by atoms with Crippen molar-refractivity contribution in [2.75, 3.05) is 38.6 Å². The number of hydrogen-bond acceptors (Lipinski definition) is 6. The maximum Gasteiger partial charge on any atom is 0.257 e. The predicted molar refractivity (Wildman–Crippen MR) is 130 cm³/mol. The molecule has 6 nitrogen and oxygen atoms in total. The molecule has 0 atom stereocenters. The van der Waals surface area contributed by atoms with Crippen LogP contribution in [0.3, 0.4) is 0 Å². The molecule has 2 heterocycles. The van der Waals surface area contributed by atoms with Gasteiger partial charge in [-0.2, -0.15) is 0 Å². The lowest BCUT2D eigenvalue weighted by Crippen LogP contribution is -2.42. The SMILES string of the molecule is COc1ccc(C(C)(C)c2csc(NC(=O)c3cccc(CN4CCNCC4)c3)n2)cc1. The van der Waals surface area contributed by atoms with Crippen molar-refractivity contribution in [1.29, 1.82) is 0 Å². The minimum absolute atomic E-state index is 0.129. The van der Waals surface area contributed by atoms with Gasteiger partial charge in [0, 0.05) is 49.1 Å². The average molecular weight is 451 g/mol. The van der Waals surface area contributed by atoms with Crippen molar-refractivity contribution < 1.29 is 9.53 Å². The maximum absolute atomic E-state index is 12.9. The summed E-state index contributed by atoms with van der Waals surface area (Å²) in [6.45, 7) is 9.22. The number of anilines is 1. The van der Waals surface area contributed by atoms with Crippen LogP contribution in [0.15, 0.2) is 53.9 Å². The Morgan fingerprint density at radius 2 is 1.94 bits per heavy atom. The minimum Gasteiger partial charge on any atom is -0.497 e. The summed E-state index contributed by atoms with van der Waals surface area (Å²) in [4.78, 5) is 20.0. The molecule has 0 unspecified atom stereocenters. The van der Waals surface area contributed by atoms with Crippen LogP contribution in [0.1, 0.15) is 41.0 Å². The van der Waals surface area contributed by atoms with Crippen LogP contribution in [0.25, 0.3) is 0 Å². The van der Waals surface area contributed by atoms with Crippen molar-refractivity contribution in [2.45, 2.75) is 25.8 Å². The first-order chi connectivity index (χ1) is 15.5. The van der Waals surface area contributed by atoms with Gasteiger partial charge in [-0.3, -0.25) is 15.0 Å². The molecule has 1 aromatic heterocycles. The number of nitrogens with one attached hydrogen (secondary N) is 2. The smallest absolute Gasteiger partial charge is 0.257 e. The Kier molecular flexibility index (Phi) is 6.89. The van der Waals surface area contributed by atoms with Crippen LogP contribution < -0.4 is 15.4 Å². The highest BCUT2D eigenvalue weighted by atomic mass is 32.1. The molecule has 0 saturated carbocycles. The number of methoxy groups -OCH3 is 1. The molecule has 0 radical (unpaired) electrons. The monoisotopic (exact) mass is 450 g/mol. The fourth-order valence-corrected chi connectivity index (χ4v) is 4.75. The van der Waals surface area contributed by atoms with Crippen LogP contribution >= 0.6 is 11.3 Å². The van der Waals surface area contributed by atoms with Gasteiger partial charge >= 0.3 is 0 Å². The molecule has 1 fully saturated rings. The van der Waals surface area contributed by atoms with Gasteiger partial charge in [0.1, 0.15) is 5.75 Å². The standard InChI is InChI=1S/C25H30N4O2S/c1-25(2,20-7-9-21(31-3)10-8-20)22-17-32-24(27-22)28-23(30)19-6-4-5-18(15-19)16-29-13-11-26-12-14-29/h4-10,15,17,26H,11-14,16H2,1-3H3,(H,27,28,30). The summed E-state index contributed by atoms with van der Waals surface area (Å²) >= 11 is 1.45. The molecule has 3 aromatic rings. The quantitative estimate of drug-likeness (QED) is 0.566. The number of benzene rings is 2. The second-order valence-electron chi connectivity index (χ2n) is 8.57. The summed E-state index contributed by atoms with van der Waals surface area (Å²) in [5.74, 6) is 0.699. The maximum atomic E-state index is 12.9.